The number of rotatable bonds is 5. The number of aryl methyl sites for hydroxylation is 2. The van der Waals surface area contributed by atoms with E-state index >= 15 is 0 Å². The Morgan fingerprint density at radius 1 is 1.00 bits per heavy atom. The Morgan fingerprint density at radius 3 is 2.30 bits per heavy atom. The Balaban J connectivity index is 1.44. The summed E-state index contributed by atoms with van der Waals surface area (Å²) < 4.78 is 45.3. The number of anilines is 1. The Morgan fingerprint density at radius 2 is 1.70 bits per heavy atom. The molecule has 0 aliphatic carbocycles. The number of hydrogen-bond acceptors (Lipinski definition) is 4. The number of benzene rings is 2. The van der Waals surface area contributed by atoms with Crippen molar-refractivity contribution in [2.45, 2.75) is 13.1 Å². The number of nitrogens with one attached hydrogen (secondary N) is 1. The van der Waals surface area contributed by atoms with E-state index in [0.717, 1.165) is 17.7 Å². The number of carbonyl (C=O) groups is 1. The Hall–Kier alpha value is -4.14. The van der Waals surface area contributed by atoms with Gasteiger partial charge < -0.3 is 10.1 Å². The average molecular weight is 452 g/mol. The van der Waals surface area contributed by atoms with Crippen molar-refractivity contribution in [1.82, 2.24) is 14.8 Å². The molecular formula is C24H19F3N4O2. The topological polar surface area (TPSA) is 69.0 Å². The number of nitrogens with zero attached hydrogens (tertiary/aromatic N) is 3. The van der Waals surface area contributed by atoms with Gasteiger partial charge in [0.2, 0.25) is 5.88 Å². The van der Waals surface area contributed by atoms with Gasteiger partial charge in [-0.15, -0.1) is 0 Å². The van der Waals surface area contributed by atoms with E-state index in [4.69, 9.17) is 4.74 Å². The van der Waals surface area contributed by atoms with Gasteiger partial charge >= 0.3 is 6.18 Å². The molecule has 168 valence electrons. The number of ether oxygens (including phenoxy) is 1. The lowest BCUT2D eigenvalue weighted by Crippen LogP contribution is -2.16. The number of aromatic nitrogens is 3. The van der Waals surface area contributed by atoms with E-state index in [9.17, 15) is 18.0 Å². The number of pyridine rings is 1. The summed E-state index contributed by atoms with van der Waals surface area (Å²) >= 11 is 0. The highest BCUT2D eigenvalue weighted by Crippen LogP contribution is 2.31. The van der Waals surface area contributed by atoms with Crippen molar-refractivity contribution in [3.05, 3.63) is 89.7 Å². The lowest BCUT2D eigenvalue weighted by molar-refractivity contribution is -0.137. The normalized spacial score (nSPS) is 11.3. The summed E-state index contributed by atoms with van der Waals surface area (Å²) in [4.78, 5) is 16.9. The molecule has 2 heterocycles. The zero-order valence-corrected chi connectivity index (χ0v) is 17.7. The first-order valence-corrected chi connectivity index (χ1v) is 9.92. The predicted octanol–water partition coefficient (Wildman–Crippen LogP) is 5.85. The lowest BCUT2D eigenvalue weighted by atomic mass is 10.1. The maximum Gasteiger partial charge on any atom is 0.416 e. The van der Waals surface area contributed by atoms with Gasteiger partial charge in [-0.3, -0.25) is 9.48 Å². The number of amides is 1. The molecule has 0 unspecified atom stereocenters. The van der Waals surface area contributed by atoms with Crippen molar-refractivity contribution in [2.75, 3.05) is 5.32 Å². The average Bonchev–Trinajstić information content (AvgIpc) is 3.18. The molecule has 0 atom stereocenters. The highest BCUT2D eigenvalue weighted by Gasteiger charge is 2.30. The van der Waals surface area contributed by atoms with Crippen LogP contribution in [0, 0.1) is 6.92 Å². The molecule has 6 nitrogen and oxygen atoms in total. The first-order valence-electron chi connectivity index (χ1n) is 9.92. The number of hydrogen-bond donors (Lipinski definition) is 1. The SMILES string of the molecule is Cc1ccc(Oc2ccc(NC(=O)c3cc(-c4ccc(C(F)(F)F)cc4)nn3C)cn2)cc1. The molecule has 0 aliphatic heterocycles. The largest absolute Gasteiger partial charge is 0.439 e. The van der Waals surface area contributed by atoms with Crippen LogP contribution in [0.15, 0.2) is 72.9 Å². The summed E-state index contributed by atoms with van der Waals surface area (Å²) in [6.45, 7) is 1.98. The van der Waals surface area contributed by atoms with Gasteiger partial charge in [-0.25, -0.2) is 4.98 Å². The minimum absolute atomic E-state index is 0.241. The Kier molecular flexibility index (Phi) is 5.87. The van der Waals surface area contributed by atoms with E-state index in [2.05, 4.69) is 15.4 Å². The summed E-state index contributed by atoms with van der Waals surface area (Å²) in [6.07, 6.45) is -2.95. The molecule has 4 aromatic rings. The molecule has 0 bridgehead atoms. The highest BCUT2D eigenvalue weighted by molar-refractivity contribution is 6.03. The van der Waals surface area contributed by atoms with Crippen LogP contribution in [0.1, 0.15) is 21.6 Å². The first kappa shape index (κ1) is 22.1. The van der Waals surface area contributed by atoms with Gasteiger partial charge in [0.15, 0.2) is 0 Å². The lowest BCUT2D eigenvalue weighted by Gasteiger charge is -2.07. The van der Waals surface area contributed by atoms with Crippen molar-refractivity contribution >= 4 is 11.6 Å². The Bertz CT molecular complexity index is 1260. The van der Waals surface area contributed by atoms with E-state index in [-0.39, 0.29) is 5.69 Å². The molecule has 0 saturated carbocycles. The van der Waals surface area contributed by atoms with E-state index in [1.807, 2.05) is 31.2 Å². The van der Waals surface area contributed by atoms with Crippen molar-refractivity contribution < 1.29 is 22.7 Å². The maximum absolute atomic E-state index is 12.8. The fourth-order valence-electron chi connectivity index (χ4n) is 3.09. The molecule has 2 aromatic carbocycles. The molecule has 33 heavy (non-hydrogen) atoms. The predicted molar refractivity (Wildman–Crippen MR) is 117 cm³/mol. The van der Waals surface area contributed by atoms with Crippen molar-refractivity contribution in [3.8, 4) is 22.9 Å². The van der Waals surface area contributed by atoms with Crippen LogP contribution in [0.4, 0.5) is 18.9 Å². The van der Waals surface area contributed by atoms with Gasteiger partial charge in [0.1, 0.15) is 11.4 Å². The monoisotopic (exact) mass is 452 g/mol. The summed E-state index contributed by atoms with van der Waals surface area (Å²) in [6, 6.07) is 16.9. The van der Waals surface area contributed by atoms with E-state index in [1.165, 1.54) is 29.1 Å². The van der Waals surface area contributed by atoms with Crippen LogP contribution in [-0.2, 0) is 13.2 Å². The van der Waals surface area contributed by atoms with Crippen LogP contribution in [0.2, 0.25) is 0 Å². The van der Waals surface area contributed by atoms with Gasteiger partial charge in [-0.1, -0.05) is 29.8 Å². The van der Waals surface area contributed by atoms with Crippen LogP contribution in [0.3, 0.4) is 0 Å². The minimum Gasteiger partial charge on any atom is -0.439 e. The standard InChI is InChI=1S/C24H19F3N4O2/c1-15-3-10-19(11-4-15)33-22-12-9-18(14-28-22)29-23(32)21-13-20(30-31(21)2)16-5-7-17(8-6-16)24(25,26)27/h3-14H,1-2H3,(H,29,32). The molecule has 4 rings (SSSR count). The van der Waals surface area contributed by atoms with Crippen LogP contribution in [0.5, 0.6) is 11.6 Å². The molecular weight excluding hydrogens is 433 g/mol. The molecule has 1 N–H and O–H groups in total. The third-order valence-corrected chi connectivity index (χ3v) is 4.86. The Labute approximate surface area is 187 Å². The molecule has 0 spiro atoms. The first-order chi connectivity index (χ1) is 15.7. The molecule has 0 saturated heterocycles. The van der Waals surface area contributed by atoms with Crippen LogP contribution < -0.4 is 10.1 Å². The van der Waals surface area contributed by atoms with Crippen molar-refractivity contribution in [1.29, 1.82) is 0 Å². The third-order valence-electron chi connectivity index (χ3n) is 4.86. The molecule has 0 radical (unpaired) electrons. The summed E-state index contributed by atoms with van der Waals surface area (Å²) in [5.41, 5.74) is 1.92. The molecule has 0 fully saturated rings. The second-order valence-corrected chi connectivity index (χ2v) is 7.37. The van der Waals surface area contributed by atoms with Gasteiger partial charge in [0.05, 0.1) is 23.1 Å². The van der Waals surface area contributed by atoms with Crippen LogP contribution in [-0.4, -0.2) is 20.7 Å². The summed E-state index contributed by atoms with van der Waals surface area (Å²) in [7, 11) is 1.58. The van der Waals surface area contributed by atoms with Crippen molar-refractivity contribution in [3.63, 3.8) is 0 Å². The molecule has 2 aromatic heterocycles. The van der Waals surface area contributed by atoms with Crippen molar-refractivity contribution in [2.24, 2.45) is 7.05 Å². The van der Waals surface area contributed by atoms with Crippen LogP contribution >= 0.6 is 0 Å². The third kappa shape index (κ3) is 5.20. The molecule has 1 amide bonds. The molecule has 0 aliphatic rings. The zero-order chi connectivity index (χ0) is 23.6. The maximum atomic E-state index is 12.8. The zero-order valence-electron chi connectivity index (χ0n) is 17.7. The van der Waals surface area contributed by atoms with Gasteiger partial charge in [0, 0.05) is 18.7 Å². The van der Waals surface area contributed by atoms with E-state index in [0.29, 0.717) is 28.6 Å². The smallest absolute Gasteiger partial charge is 0.416 e. The van der Waals surface area contributed by atoms with E-state index in [1.54, 1.807) is 19.2 Å². The quantitative estimate of drug-likeness (QED) is 0.412. The number of alkyl halides is 3. The highest BCUT2D eigenvalue weighted by atomic mass is 19.4. The van der Waals surface area contributed by atoms with Gasteiger partial charge in [0.25, 0.3) is 5.91 Å². The fraction of sp³-hybridized carbons (Fsp3) is 0.125. The fourth-order valence-corrected chi connectivity index (χ4v) is 3.09. The van der Waals surface area contributed by atoms with Crippen LogP contribution in [0.25, 0.3) is 11.3 Å². The number of carbonyl (C=O) groups excluding carboxylic acids is 1. The summed E-state index contributed by atoms with van der Waals surface area (Å²) in [5, 5.41) is 6.97. The van der Waals surface area contributed by atoms with Gasteiger partial charge in [-0.2, -0.15) is 18.3 Å². The molecule has 9 heteroatoms. The second kappa shape index (κ2) is 8.78. The second-order valence-electron chi connectivity index (χ2n) is 7.37. The van der Waals surface area contributed by atoms with E-state index < -0.39 is 17.6 Å². The van der Waals surface area contributed by atoms with Gasteiger partial charge in [-0.05, 0) is 43.3 Å². The number of halogens is 3. The minimum atomic E-state index is -4.41. The summed E-state index contributed by atoms with van der Waals surface area (Å²) in [5.74, 6) is 0.592.